The Balaban J connectivity index is 2.99. The monoisotopic (exact) mass is 284 g/mol. The number of carbonyl (C=O) groups is 2. The van der Waals surface area contributed by atoms with Crippen molar-refractivity contribution in [1.29, 1.82) is 0 Å². The van der Waals surface area contributed by atoms with Gasteiger partial charge in [-0.05, 0) is 12.5 Å². The highest BCUT2D eigenvalue weighted by Gasteiger charge is 2.23. The first kappa shape index (κ1) is 15.5. The number of aliphatic carboxylic acids is 1. The van der Waals surface area contributed by atoms with Crippen molar-refractivity contribution in [3.05, 3.63) is 39.7 Å². The minimum absolute atomic E-state index is 0.178. The molecule has 0 heterocycles. The van der Waals surface area contributed by atoms with Crippen LogP contribution in [0.4, 0.5) is 10.1 Å². The number of non-ortho nitro benzene ring substituents is 1. The number of rotatable bonds is 6. The average Bonchev–Trinajstić information content (AvgIpc) is 2.38. The number of nitro groups is 1. The van der Waals surface area contributed by atoms with Crippen LogP contribution < -0.4 is 5.32 Å². The van der Waals surface area contributed by atoms with Crippen molar-refractivity contribution in [2.75, 3.05) is 0 Å². The fraction of sp³-hybridized carbons (Fsp3) is 0.333. The lowest BCUT2D eigenvalue weighted by atomic mass is 10.1. The van der Waals surface area contributed by atoms with Crippen LogP contribution in [0.1, 0.15) is 30.1 Å². The first-order chi connectivity index (χ1) is 9.36. The van der Waals surface area contributed by atoms with Gasteiger partial charge in [-0.1, -0.05) is 13.3 Å². The fourth-order valence-electron chi connectivity index (χ4n) is 1.58. The van der Waals surface area contributed by atoms with Gasteiger partial charge in [0.05, 0.1) is 10.5 Å². The van der Waals surface area contributed by atoms with E-state index < -0.39 is 39.9 Å². The minimum Gasteiger partial charge on any atom is -0.480 e. The van der Waals surface area contributed by atoms with Crippen molar-refractivity contribution in [3.63, 3.8) is 0 Å². The van der Waals surface area contributed by atoms with Crippen LogP contribution in [0.25, 0.3) is 0 Å². The molecule has 108 valence electrons. The molecule has 1 aromatic carbocycles. The van der Waals surface area contributed by atoms with Gasteiger partial charge in [-0.2, -0.15) is 0 Å². The number of carboxylic acid groups (broad SMARTS) is 1. The number of carboxylic acids is 1. The highest BCUT2D eigenvalue weighted by atomic mass is 19.1. The molecule has 0 radical (unpaired) electrons. The van der Waals surface area contributed by atoms with Crippen molar-refractivity contribution in [3.8, 4) is 0 Å². The van der Waals surface area contributed by atoms with Crippen LogP contribution in [0.5, 0.6) is 0 Å². The molecule has 0 aliphatic carbocycles. The van der Waals surface area contributed by atoms with E-state index in [-0.39, 0.29) is 6.42 Å². The van der Waals surface area contributed by atoms with Crippen LogP contribution in [0.2, 0.25) is 0 Å². The average molecular weight is 284 g/mol. The largest absolute Gasteiger partial charge is 0.480 e. The van der Waals surface area contributed by atoms with Crippen LogP contribution in [0.3, 0.4) is 0 Å². The molecule has 0 bridgehead atoms. The van der Waals surface area contributed by atoms with Gasteiger partial charge in [-0.25, -0.2) is 9.18 Å². The lowest BCUT2D eigenvalue weighted by Gasteiger charge is -2.13. The minimum atomic E-state index is -1.24. The Morgan fingerprint density at radius 2 is 2.15 bits per heavy atom. The number of nitrogens with one attached hydrogen (secondary N) is 1. The molecule has 0 fully saturated rings. The third kappa shape index (κ3) is 3.74. The molecule has 0 saturated heterocycles. The summed E-state index contributed by atoms with van der Waals surface area (Å²) in [5, 5.41) is 21.6. The molecule has 0 aliphatic rings. The SMILES string of the molecule is CCC[C@H](NC(=O)c1cc([N+](=O)[O-])ccc1F)C(=O)O. The van der Waals surface area contributed by atoms with E-state index in [1.54, 1.807) is 6.92 Å². The summed E-state index contributed by atoms with van der Waals surface area (Å²) in [5.74, 6) is -3.19. The maximum absolute atomic E-state index is 13.5. The first-order valence-corrected chi connectivity index (χ1v) is 5.84. The predicted octanol–water partition coefficient (Wildman–Crippen LogP) is 1.72. The molecule has 0 aromatic heterocycles. The quantitative estimate of drug-likeness (QED) is 0.610. The van der Waals surface area contributed by atoms with Gasteiger partial charge in [-0.3, -0.25) is 14.9 Å². The fourth-order valence-corrected chi connectivity index (χ4v) is 1.58. The number of hydrogen-bond acceptors (Lipinski definition) is 4. The second-order valence-electron chi connectivity index (χ2n) is 4.07. The van der Waals surface area contributed by atoms with Gasteiger partial charge in [0.15, 0.2) is 0 Å². The molecule has 1 atom stereocenters. The zero-order valence-electron chi connectivity index (χ0n) is 10.6. The predicted molar refractivity (Wildman–Crippen MR) is 66.9 cm³/mol. The second-order valence-corrected chi connectivity index (χ2v) is 4.07. The molecular weight excluding hydrogens is 271 g/mol. The molecule has 0 unspecified atom stereocenters. The van der Waals surface area contributed by atoms with Crippen LogP contribution in [-0.2, 0) is 4.79 Å². The number of nitro benzene ring substituents is 1. The van der Waals surface area contributed by atoms with E-state index in [2.05, 4.69) is 5.32 Å². The third-order valence-corrected chi connectivity index (χ3v) is 2.59. The van der Waals surface area contributed by atoms with Gasteiger partial charge in [0.2, 0.25) is 0 Å². The number of carbonyl (C=O) groups excluding carboxylic acids is 1. The molecule has 0 aliphatic heterocycles. The van der Waals surface area contributed by atoms with Crippen molar-refractivity contribution >= 4 is 17.6 Å². The molecule has 1 aromatic rings. The standard InChI is InChI=1S/C12H13FN2O5/c1-2-3-10(12(17)18)14-11(16)8-6-7(15(19)20)4-5-9(8)13/h4-6,10H,2-3H2,1H3,(H,14,16)(H,17,18)/t10-/m0/s1. The second kappa shape index (κ2) is 6.60. The first-order valence-electron chi connectivity index (χ1n) is 5.84. The Labute approximate surface area is 113 Å². The van der Waals surface area contributed by atoms with Crippen LogP contribution in [0, 0.1) is 15.9 Å². The molecule has 20 heavy (non-hydrogen) atoms. The van der Waals surface area contributed by atoms with Crippen LogP contribution in [-0.4, -0.2) is 27.9 Å². The maximum atomic E-state index is 13.5. The van der Waals surface area contributed by atoms with E-state index in [9.17, 15) is 24.1 Å². The number of nitrogens with zero attached hydrogens (tertiary/aromatic N) is 1. The zero-order chi connectivity index (χ0) is 15.3. The molecule has 7 nitrogen and oxygen atoms in total. The topological polar surface area (TPSA) is 110 Å². The highest BCUT2D eigenvalue weighted by Crippen LogP contribution is 2.17. The lowest BCUT2D eigenvalue weighted by molar-refractivity contribution is -0.384. The van der Waals surface area contributed by atoms with Crippen molar-refractivity contribution < 1.29 is 24.0 Å². The van der Waals surface area contributed by atoms with E-state index in [1.165, 1.54) is 0 Å². The summed E-state index contributed by atoms with van der Waals surface area (Å²) < 4.78 is 13.5. The van der Waals surface area contributed by atoms with E-state index >= 15 is 0 Å². The van der Waals surface area contributed by atoms with E-state index in [0.717, 1.165) is 18.2 Å². The van der Waals surface area contributed by atoms with Crippen molar-refractivity contribution in [2.45, 2.75) is 25.8 Å². The van der Waals surface area contributed by atoms with Gasteiger partial charge < -0.3 is 10.4 Å². The lowest BCUT2D eigenvalue weighted by Crippen LogP contribution is -2.41. The summed E-state index contributed by atoms with van der Waals surface area (Å²) in [4.78, 5) is 32.5. The number of amides is 1. The van der Waals surface area contributed by atoms with Gasteiger partial charge in [0.25, 0.3) is 11.6 Å². The summed E-state index contributed by atoms with van der Waals surface area (Å²) in [6.45, 7) is 1.73. The zero-order valence-corrected chi connectivity index (χ0v) is 10.6. The Morgan fingerprint density at radius 1 is 1.50 bits per heavy atom. The Bertz CT molecular complexity index is 547. The molecule has 1 rings (SSSR count). The Hall–Kier alpha value is -2.51. The number of halogens is 1. The molecule has 8 heteroatoms. The highest BCUT2D eigenvalue weighted by molar-refractivity contribution is 5.97. The van der Waals surface area contributed by atoms with E-state index in [4.69, 9.17) is 5.11 Å². The van der Waals surface area contributed by atoms with E-state index in [0.29, 0.717) is 6.42 Å². The van der Waals surface area contributed by atoms with Crippen molar-refractivity contribution in [1.82, 2.24) is 5.32 Å². The maximum Gasteiger partial charge on any atom is 0.326 e. The summed E-state index contributed by atoms with van der Waals surface area (Å²) in [6.07, 6.45) is 0.687. The molecule has 2 N–H and O–H groups in total. The Kier molecular flexibility index (Phi) is 5.13. The summed E-state index contributed by atoms with van der Waals surface area (Å²) >= 11 is 0. The smallest absolute Gasteiger partial charge is 0.326 e. The molecule has 0 saturated carbocycles. The normalized spacial score (nSPS) is 11.7. The van der Waals surface area contributed by atoms with Crippen LogP contribution >= 0.6 is 0 Å². The molecule has 1 amide bonds. The van der Waals surface area contributed by atoms with Crippen LogP contribution in [0.15, 0.2) is 18.2 Å². The number of benzene rings is 1. The van der Waals surface area contributed by atoms with Gasteiger partial charge in [0.1, 0.15) is 11.9 Å². The van der Waals surface area contributed by atoms with Gasteiger partial charge in [0, 0.05) is 12.1 Å². The van der Waals surface area contributed by atoms with Crippen molar-refractivity contribution in [2.24, 2.45) is 0 Å². The number of hydrogen-bond donors (Lipinski definition) is 2. The molecule has 0 spiro atoms. The summed E-state index contributed by atoms with van der Waals surface area (Å²) in [7, 11) is 0. The van der Waals surface area contributed by atoms with Gasteiger partial charge in [-0.15, -0.1) is 0 Å². The summed E-state index contributed by atoms with van der Waals surface area (Å²) in [5.41, 5.74) is -1.000. The summed E-state index contributed by atoms with van der Waals surface area (Å²) in [6, 6.07) is 1.33. The Morgan fingerprint density at radius 3 is 2.65 bits per heavy atom. The van der Waals surface area contributed by atoms with E-state index in [1.807, 2.05) is 0 Å². The molecular formula is C12H13FN2O5. The third-order valence-electron chi connectivity index (χ3n) is 2.59. The van der Waals surface area contributed by atoms with Gasteiger partial charge >= 0.3 is 5.97 Å².